The molecule has 0 aliphatic carbocycles. The topological polar surface area (TPSA) is 24.4 Å². The van der Waals surface area contributed by atoms with Crippen molar-refractivity contribution < 1.29 is 0 Å². The van der Waals surface area contributed by atoms with Crippen LogP contribution >= 0.6 is 11.8 Å². The molecule has 0 unspecified atom stereocenters. The molecule has 4 heteroatoms. The SMILES string of the molecule is CN=C(NC)SC[Si](C)(C)C. The standard InChI is InChI=1S/C7H18N2SSi/c1-8-7(9-2)10-6-11(3,4)5/h6H2,1-5H3,(H,8,9). The summed E-state index contributed by atoms with van der Waals surface area (Å²) in [7, 11) is 2.83. The monoisotopic (exact) mass is 190 g/mol. The van der Waals surface area contributed by atoms with Crippen LogP contribution in [0.25, 0.3) is 0 Å². The fourth-order valence-electron chi connectivity index (χ4n) is 0.533. The summed E-state index contributed by atoms with van der Waals surface area (Å²) in [6.45, 7) is 7.09. The van der Waals surface area contributed by atoms with Crippen molar-refractivity contribution in [1.29, 1.82) is 0 Å². The third-order valence-electron chi connectivity index (χ3n) is 1.06. The van der Waals surface area contributed by atoms with E-state index in [1.807, 2.05) is 25.9 Å². The van der Waals surface area contributed by atoms with Crippen molar-refractivity contribution in [2.45, 2.75) is 19.6 Å². The number of rotatable bonds is 2. The molecule has 66 valence electrons. The Morgan fingerprint density at radius 3 is 2.27 bits per heavy atom. The molecule has 2 nitrogen and oxygen atoms in total. The summed E-state index contributed by atoms with van der Waals surface area (Å²) in [5.41, 5.74) is 0. The normalized spacial score (nSPS) is 13.4. The summed E-state index contributed by atoms with van der Waals surface area (Å²) in [6.07, 6.45) is 0. The van der Waals surface area contributed by atoms with Crippen LogP contribution in [-0.2, 0) is 0 Å². The van der Waals surface area contributed by atoms with Gasteiger partial charge in [0.25, 0.3) is 0 Å². The van der Waals surface area contributed by atoms with Crippen LogP contribution in [-0.4, -0.2) is 32.7 Å². The molecule has 0 bridgehead atoms. The molecule has 11 heavy (non-hydrogen) atoms. The van der Waals surface area contributed by atoms with Gasteiger partial charge in [0.05, 0.1) is 8.07 Å². The zero-order valence-electron chi connectivity index (χ0n) is 8.06. The van der Waals surface area contributed by atoms with Crippen LogP contribution in [0.2, 0.25) is 19.6 Å². The zero-order chi connectivity index (χ0) is 8.91. The lowest BCUT2D eigenvalue weighted by atomic mass is 11.1. The van der Waals surface area contributed by atoms with Crippen molar-refractivity contribution in [3.8, 4) is 0 Å². The first-order chi connectivity index (χ1) is 4.99. The van der Waals surface area contributed by atoms with Crippen molar-refractivity contribution in [1.82, 2.24) is 5.32 Å². The molecule has 0 amide bonds. The molecule has 0 fully saturated rings. The lowest BCUT2D eigenvalue weighted by Gasteiger charge is -2.15. The number of hydrogen-bond donors (Lipinski definition) is 1. The summed E-state index contributed by atoms with van der Waals surface area (Å²) in [5, 5.41) is 5.34. The van der Waals surface area contributed by atoms with Crippen LogP contribution in [0.5, 0.6) is 0 Å². The fraction of sp³-hybridized carbons (Fsp3) is 0.857. The van der Waals surface area contributed by atoms with Crippen LogP contribution in [0, 0.1) is 0 Å². The maximum Gasteiger partial charge on any atom is 0.155 e. The average Bonchev–Trinajstić information content (AvgIpc) is 1.88. The van der Waals surface area contributed by atoms with Gasteiger partial charge in [0.15, 0.2) is 5.17 Å². The molecular formula is C7H18N2SSi. The lowest BCUT2D eigenvalue weighted by Crippen LogP contribution is -2.27. The Morgan fingerprint density at radius 1 is 1.45 bits per heavy atom. The Morgan fingerprint density at radius 2 is 2.00 bits per heavy atom. The Labute approximate surface area is 74.9 Å². The minimum atomic E-state index is -0.910. The molecule has 0 heterocycles. The summed E-state index contributed by atoms with van der Waals surface area (Å²) in [6, 6.07) is 0. The second-order valence-corrected chi connectivity index (χ2v) is 10.6. The van der Waals surface area contributed by atoms with E-state index in [4.69, 9.17) is 0 Å². The molecule has 0 aromatic heterocycles. The number of aliphatic imine (C=N–C) groups is 1. The highest BCUT2D eigenvalue weighted by molar-refractivity contribution is 8.15. The van der Waals surface area contributed by atoms with E-state index in [9.17, 15) is 0 Å². The summed E-state index contributed by atoms with van der Waals surface area (Å²) in [5.74, 6) is 0. The number of nitrogens with zero attached hydrogens (tertiary/aromatic N) is 1. The summed E-state index contributed by atoms with van der Waals surface area (Å²) < 4.78 is 0. The minimum Gasteiger partial charge on any atom is -0.368 e. The van der Waals surface area contributed by atoms with Gasteiger partial charge in [-0.1, -0.05) is 31.4 Å². The lowest BCUT2D eigenvalue weighted by molar-refractivity contribution is 1.18. The van der Waals surface area contributed by atoms with Crippen molar-refractivity contribution in [3.05, 3.63) is 0 Å². The van der Waals surface area contributed by atoms with Gasteiger partial charge in [0, 0.05) is 14.1 Å². The molecule has 0 aromatic rings. The van der Waals surface area contributed by atoms with E-state index in [-0.39, 0.29) is 0 Å². The Balaban J connectivity index is 3.70. The van der Waals surface area contributed by atoms with Gasteiger partial charge in [-0.05, 0) is 5.38 Å². The van der Waals surface area contributed by atoms with Gasteiger partial charge in [-0.3, -0.25) is 4.99 Å². The van der Waals surface area contributed by atoms with E-state index in [0.29, 0.717) is 0 Å². The predicted octanol–water partition coefficient (Wildman–Crippen LogP) is 1.80. The first-order valence-corrected chi connectivity index (χ1v) is 8.46. The van der Waals surface area contributed by atoms with Crippen molar-refractivity contribution in [2.75, 3.05) is 19.5 Å². The van der Waals surface area contributed by atoms with E-state index in [2.05, 4.69) is 30.0 Å². The van der Waals surface area contributed by atoms with Crippen LogP contribution < -0.4 is 5.32 Å². The fourth-order valence-corrected chi connectivity index (χ4v) is 3.09. The van der Waals surface area contributed by atoms with Gasteiger partial charge in [-0.2, -0.15) is 0 Å². The molecule has 0 saturated carbocycles. The van der Waals surface area contributed by atoms with Gasteiger partial charge >= 0.3 is 0 Å². The molecule has 0 atom stereocenters. The van der Waals surface area contributed by atoms with Crippen molar-refractivity contribution in [2.24, 2.45) is 4.99 Å². The molecule has 0 aliphatic rings. The molecule has 0 radical (unpaired) electrons. The number of nitrogens with one attached hydrogen (secondary N) is 1. The smallest absolute Gasteiger partial charge is 0.155 e. The van der Waals surface area contributed by atoms with E-state index in [0.717, 1.165) is 5.17 Å². The Hall–Kier alpha value is 0.0369. The van der Waals surface area contributed by atoms with Gasteiger partial charge < -0.3 is 5.32 Å². The average molecular weight is 190 g/mol. The highest BCUT2D eigenvalue weighted by Gasteiger charge is 2.13. The zero-order valence-corrected chi connectivity index (χ0v) is 9.88. The molecule has 0 spiro atoms. The van der Waals surface area contributed by atoms with Crippen molar-refractivity contribution in [3.63, 3.8) is 0 Å². The Bertz CT molecular complexity index is 140. The molecule has 0 aliphatic heterocycles. The second-order valence-electron chi connectivity index (χ2n) is 3.63. The Kier molecular flexibility index (Phi) is 4.84. The third kappa shape index (κ3) is 6.44. The number of amidine groups is 1. The van der Waals surface area contributed by atoms with E-state index < -0.39 is 8.07 Å². The largest absolute Gasteiger partial charge is 0.368 e. The molecule has 0 rings (SSSR count). The molecule has 0 aromatic carbocycles. The maximum absolute atomic E-state index is 4.10. The van der Waals surface area contributed by atoms with E-state index in [1.165, 1.54) is 5.38 Å². The highest BCUT2D eigenvalue weighted by atomic mass is 32.2. The first-order valence-electron chi connectivity index (χ1n) is 3.77. The van der Waals surface area contributed by atoms with Crippen LogP contribution in [0.1, 0.15) is 0 Å². The van der Waals surface area contributed by atoms with Crippen molar-refractivity contribution >= 4 is 25.0 Å². The van der Waals surface area contributed by atoms with Gasteiger partial charge in [-0.15, -0.1) is 0 Å². The molecule has 1 N–H and O–H groups in total. The van der Waals surface area contributed by atoms with Crippen LogP contribution in [0.4, 0.5) is 0 Å². The van der Waals surface area contributed by atoms with E-state index in [1.54, 1.807) is 0 Å². The molecule has 0 saturated heterocycles. The predicted molar refractivity (Wildman–Crippen MR) is 58.2 cm³/mol. The van der Waals surface area contributed by atoms with Crippen LogP contribution in [0.3, 0.4) is 0 Å². The van der Waals surface area contributed by atoms with Crippen LogP contribution in [0.15, 0.2) is 4.99 Å². The van der Waals surface area contributed by atoms with Gasteiger partial charge in [0.2, 0.25) is 0 Å². The quantitative estimate of drug-likeness (QED) is 0.408. The molecular weight excluding hydrogens is 172 g/mol. The van der Waals surface area contributed by atoms with Gasteiger partial charge in [-0.25, -0.2) is 0 Å². The first kappa shape index (κ1) is 11.0. The number of thioether (sulfide) groups is 1. The summed E-state index contributed by atoms with van der Waals surface area (Å²) >= 11 is 1.83. The number of hydrogen-bond acceptors (Lipinski definition) is 2. The van der Waals surface area contributed by atoms with E-state index >= 15 is 0 Å². The summed E-state index contributed by atoms with van der Waals surface area (Å²) in [4.78, 5) is 4.10. The maximum atomic E-state index is 4.10. The van der Waals surface area contributed by atoms with Gasteiger partial charge in [0.1, 0.15) is 0 Å². The third-order valence-corrected chi connectivity index (χ3v) is 5.76. The minimum absolute atomic E-state index is 0.910. The second kappa shape index (κ2) is 4.82. The highest BCUT2D eigenvalue weighted by Crippen LogP contribution is 2.11.